The molecule has 3 aliphatic rings. The molecule has 3 fully saturated rings. The number of benzene rings is 2. The molecule has 32 heavy (non-hydrogen) atoms. The van der Waals surface area contributed by atoms with Crippen molar-refractivity contribution in [3.05, 3.63) is 54.3 Å². The fourth-order valence-electron chi connectivity index (χ4n) is 6.58. The lowest BCUT2D eigenvalue weighted by molar-refractivity contribution is -0.133. The third-order valence-corrected chi connectivity index (χ3v) is 8.19. The number of imidazole rings is 1. The van der Waals surface area contributed by atoms with Crippen molar-refractivity contribution in [3.63, 3.8) is 0 Å². The van der Waals surface area contributed by atoms with E-state index >= 15 is 0 Å². The van der Waals surface area contributed by atoms with Crippen LogP contribution in [0.2, 0.25) is 0 Å². The van der Waals surface area contributed by atoms with Crippen LogP contribution >= 0.6 is 0 Å². The van der Waals surface area contributed by atoms with Gasteiger partial charge in [0, 0.05) is 31.1 Å². The number of nitrogens with zero attached hydrogens (tertiary/aromatic N) is 3. The SMILES string of the molecule is O=C(C[C@@H]1C[C@@H]2CC[C@H]1C2)N1CCC(n2c(-c3ccccc3)nc3ccc(F)cc32)CC1. The Hall–Kier alpha value is -2.69. The average molecular weight is 432 g/mol. The number of amides is 1. The van der Waals surface area contributed by atoms with E-state index in [1.807, 2.05) is 18.2 Å². The quantitative estimate of drug-likeness (QED) is 0.521. The summed E-state index contributed by atoms with van der Waals surface area (Å²) in [5.74, 6) is 3.28. The Morgan fingerprint density at radius 1 is 1.00 bits per heavy atom. The average Bonchev–Trinajstić information content (AvgIpc) is 3.54. The molecule has 3 aromatic rings. The van der Waals surface area contributed by atoms with E-state index in [9.17, 15) is 9.18 Å². The first-order valence-electron chi connectivity index (χ1n) is 12.2. The Balaban J connectivity index is 1.22. The van der Waals surface area contributed by atoms with E-state index in [0.29, 0.717) is 11.8 Å². The molecule has 3 atom stereocenters. The Bertz CT molecular complexity index is 1130. The zero-order chi connectivity index (χ0) is 21.7. The molecule has 0 unspecified atom stereocenters. The second-order valence-corrected chi connectivity index (χ2v) is 10.1. The smallest absolute Gasteiger partial charge is 0.222 e. The Labute approximate surface area is 188 Å². The monoisotopic (exact) mass is 431 g/mol. The van der Waals surface area contributed by atoms with E-state index in [2.05, 4.69) is 21.6 Å². The summed E-state index contributed by atoms with van der Waals surface area (Å²) in [6.07, 6.45) is 7.82. The first-order chi connectivity index (χ1) is 15.7. The molecule has 0 spiro atoms. The molecule has 0 N–H and O–H groups in total. The van der Waals surface area contributed by atoms with Crippen LogP contribution < -0.4 is 0 Å². The largest absolute Gasteiger partial charge is 0.343 e. The summed E-state index contributed by atoms with van der Waals surface area (Å²) in [6.45, 7) is 1.54. The molecule has 1 saturated heterocycles. The first-order valence-corrected chi connectivity index (χ1v) is 12.2. The zero-order valence-corrected chi connectivity index (χ0v) is 18.4. The van der Waals surface area contributed by atoms with Crippen LogP contribution in [0, 0.1) is 23.6 Å². The molecule has 4 nitrogen and oxygen atoms in total. The lowest BCUT2D eigenvalue weighted by atomic mass is 9.86. The van der Waals surface area contributed by atoms with Gasteiger partial charge in [-0.3, -0.25) is 4.79 Å². The second kappa shape index (κ2) is 8.02. The molecule has 1 amide bonds. The highest BCUT2D eigenvalue weighted by Crippen LogP contribution is 2.49. The van der Waals surface area contributed by atoms with E-state index < -0.39 is 0 Å². The third kappa shape index (κ3) is 3.52. The van der Waals surface area contributed by atoms with E-state index in [0.717, 1.165) is 66.6 Å². The van der Waals surface area contributed by atoms with Crippen LogP contribution in [0.15, 0.2) is 48.5 Å². The maximum absolute atomic E-state index is 14.1. The molecule has 6 rings (SSSR count). The number of hydrogen-bond acceptors (Lipinski definition) is 2. The van der Waals surface area contributed by atoms with Crippen molar-refractivity contribution in [2.24, 2.45) is 17.8 Å². The van der Waals surface area contributed by atoms with Crippen LogP contribution in [0.4, 0.5) is 4.39 Å². The number of hydrogen-bond donors (Lipinski definition) is 0. The van der Waals surface area contributed by atoms with Crippen LogP contribution in [-0.2, 0) is 4.79 Å². The van der Waals surface area contributed by atoms with Gasteiger partial charge < -0.3 is 9.47 Å². The Morgan fingerprint density at radius 2 is 1.81 bits per heavy atom. The van der Waals surface area contributed by atoms with Crippen molar-refractivity contribution in [1.82, 2.24) is 14.5 Å². The van der Waals surface area contributed by atoms with Crippen molar-refractivity contribution in [2.75, 3.05) is 13.1 Å². The minimum absolute atomic E-state index is 0.212. The van der Waals surface area contributed by atoms with Gasteiger partial charge in [-0.25, -0.2) is 9.37 Å². The van der Waals surface area contributed by atoms with E-state index in [1.54, 1.807) is 12.1 Å². The third-order valence-electron chi connectivity index (χ3n) is 8.19. The van der Waals surface area contributed by atoms with Crippen molar-refractivity contribution < 1.29 is 9.18 Å². The van der Waals surface area contributed by atoms with Gasteiger partial charge in [-0.1, -0.05) is 36.8 Å². The predicted molar refractivity (Wildman–Crippen MR) is 124 cm³/mol. The van der Waals surface area contributed by atoms with Crippen molar-refractivity contribution in [3.8, 4) is 11.4 Å². The molecule has 1 aromatic heterocycles. The summed E-state index contributed by atoms with van der Waals surface area (Å²) in [6, 6.07) is 15.2. The number of aromatic nitrogens is 2. The summed E-state index contributed by atoms with van der Waals surface area (Å²) in [5, 5.41) is 0. The van der Waals surface area contributed by atoms with E-state index in [-0.39, 0.29) is 11.9 Å². The molecule has 2 saturated carbocycles. The molecule has 166 valence electrons. The predicted octanol–water partition coefficient (Wildman–Crippen LogP) is 5.83. The Kier molecular flexibility index (Phi) is 5.00. The summed E-state index contributed by atoms with van der Waals surface area (Å²) < 4.78 is 16.3. The lowest BCUT2D eigenvalue weighted by Crippen LogP contribution is -2.40. The number of fused-ring (bicyclic) bond motifs is 3. The summed E-state index contributed by atoms with van der Waals surface area (Å²) in [7, 11) is 0. The molecule has 2 bridgehead atoms. The summed E-state index contributed by atoms with van der Waals surface area (Å²) in [4.78, 5) is 20.0. The van der Waals surface area contributed by atoms with Gasteiger partial charge in [0.1, 0.15) is 11.6 Å². The van der Waals surface area contributed by atoms with Gasteiger partial charge in [-0.2, -0.15) is 0 Å². The van der Waals surface area contributed by atoms with Gasteiger partial charge in [0.25, 0.3) is 0 Å². The van der Waals surface area contributed by atoms with E-state index in [1.165, 1.54) is 31.7 Å². The van der Waals surface area contributed by atoms with Crippen LogP contribution in [0.1, 0.15) is 51.0 Å². The molecule has 5 heteroatoms. The normalized spacial score (nSPS) is 25.7. The van der Waals surface area contributed by atoms with Crippen LogP contribution in [0.3, 0.4) is 0 Å². The van der Waals surface area contributed by atoms with Crippen molar-refractivity contribution in [2.45, 2.75) is 51.0 Å². The number of halogens is 1. The minimum atomic E-state index is -0.239. The summed E-state index contributed by atoms with van der Waals surface area (Å²) >= 11 is 0. The number of piperidine rings is 1. The molecular formula is C27H30FN3O. The second-order valence-electron chi connectivity index (χ2n) is 10.1. The number of carbonyl (C=O) groups excluding carboxylic acids is 1. The highest BCUT2D eigenvalue weighted by molar-refractivity contribution is 5.81. The first kappa shape index (κ1) is 20.0. The number of carbonyl (C=O) groups is 1. The lowest BCUT2D eigenvalue weighted by Gasteiger charge is -2.35. The zero-order valence-electron chi connectivity index (χ0n) is 18.4. The van der Waals surface area contributed by atoms with Crippen LogP contribution in [0.5, 0.6) is 0 Å². The topological polar surface area (TPSA) is 38.1 Å². The maximum Gasteiger partial charge on any atom is 0.222 e. The number of rotatable bonds is 4. The van der Waals surface area contributed by atoms with Gasteiger partial charge in [-0.05, 0) is 68.1 Å². The van der Waals surface area contributed by atoms with Crippen molar-refractivity contribution >= 4 is 16.9 Å². The van der Waals surface area contributed by atoms with Gasteiger partial charge in [0.15, 0.2) is 0 Å². The molecule has 0 radical (unpaired) electrons. The molecule has 1 aliphatic heterocycles. The molecule has 2 heterocycles. The molecule has 2 aliphatic carbocycles. The molecule has 2 aromatic carbocycles. The standard InChI is InChI=1S/C27H30FN3O/c28-22-8-9-24-25(17-22)31(27(29-24)19-4-2-1-3-5-19)23-10-12-30(13-11-23)26(32)16-21-15-18-6-7-20(21)14-18/h1-5,8-9,17-18,20-21,23H,6-7,10-16H2/t18-,20+,21+/m1/s1. The highest BCUT2D eigenvalue weighted by atomic mass is 19.1. The van der Waals surface area contributed by atoms with Gasteiger partial charge in [0.05, 0.1) is 11.0 Å². The highest BCUT2D eigenvalue weighted by Gasteiger charge is 2.41. The van der Waals surface area contributed by atoms with Crippen LogP contribution in [-0.4, -0.2) is 33.4 Å². The van der Waals surface area contributed by atoms with Gasteiger partial charge in [0.2, 0.25) is 5.91 Å². The Morgan fingerprint density at radius 3 is 2.53 bits per heavy atom. The fourth-order valence-corrected chi connectivity index (χ4v) is 6.58. The van der Waals surface area contributed by atoms with Gasteiger partial charge in [-0.15, -0.1) is 0 Å². The van der Waals surface area contributed by atoms with Crippen molar-refractivity contribution in [1.29, 1.82) is 0 Å². The minimum Gasteiger partial charge on any atom is -0.343 e. The summed E-state index contributed by atoms with van der Waals surface area (Å²) in [5.41, 5.74) is 2.70. The molecular weight excluding hydrogens is 401 g/mol. The van der Waals surface area contributed by atoms with Crippen LogP contribution in [0.25, 0.3) is 22.4 Å². The number of likely N-dealkylation sites (tertiary alicyclic amines) is 1. The van der Waals surface area contributed by atoms with E-state index in [4.69, 9.17) is 4.98 Å². The fraction of sp³-hybridized carbons (Fsp3) is 0.481. The maximum atomic E-state index is 14.1. The van der Waals surface area contributed by atoms with Gasteiger partial charge >= 0.3 is 0 Å².